The van der Waals surface area contributed by atoms with Crippen LogP contribution in [-0.4, -0.2) is 10.1 Å². The topological polar surface area (TPSA) is 57.2 Å². The second-order valence-corrected chi connectivity index (χ2v) is 6.32. The average molecular weight is 329 g/mol. The Morgan fingerprint density at radius 3 is 2.64 bits per heavy atom. The van der Waals surface area contributed by atoms with Crippen molar-refractivity contribution in [3.05, 3.63) is 65.7 Å². The molecule has 1 aromatic heterocycles. The van der Waals surface area contributed by atoms with Crippen molar-refractivity contribution in [3.8, 4) is 5.75 Å². The minimum Gasteiger partial charge on any atom is -0.508 e. The molecular formula is C16H15N3OS2. The fraction of sp³-hybridized carbons (Fsp3) is 0.0625. The number of phenols is 1. The lowest BCUT2D eigenvalue weighted by molar-refractivity contribution is 0.469. The SMILES string of the molecule is Oc1ccccc1CNc1ccc(SNc2nccs2)cc1. The van der Waals surface area contributed by atoms with Gasteiger partial charge in [0.2, 0.25) is 0 Å². The molecule has 22 heavy (non-hydrogen) atoms. The number of aromatic nitrogens is 1. The number of anilines is 2. The van der Waals surface area contributed by atoms with Crippen LogP contribution in [0.5, 0.6) is 5.75 Å². The summed E-state index contributed by atoms with van der Waals surface area (Å²) < 4.78 is 3.20. The van der Waals surface area contributed by atoms with E-state index < -0.39 is 0 Å². The van der Waals surface area contributed by atoms with Gasteiger partial charge >= 0.3 is 0 Å². The van der Waals surface area contributed by atoms with E-state index in [2.05, 4.69) is 15.0 Å². The first-order valence-corrected chi connectivity index (χ1v) is 8.44. The second kappa shape index (κ2) is 7.20. The Bertz CT molecular complexity index is 715. The van der Waals surface area contributed by atoms with E-state index >= 15 is 0 Å². The maximum Gasteiger partial charge on any atom is 0.192 e. The van der Waals surface area contributed by atoms with Gasteiger partial charge in [-0.2, -0.15) is 0 Å². The van der Waals surface area contributed by atoms with E-state index in [0.717, 1.165) is 21.3 Å². The monoisotopic (exact) mass is 329 g/mol. The lowest BCUT2D eigenvalue weighted by Crippen LogP contribution is -1.99. The smallest absolute Gasteiger partial charge is 0.192 e. The van der Waals surface area contributed by atoms with Crippen LogP contribution in [0.2, 0.25) is 0 Å². The zero-order chi connectivity index (χ0) is 15.2. The van der Waals surface area contributed by atoms with Gasteiger partial charge in [-0.05, 0) is 42.3 Å². The van der Waals surface area contributed by atoms with Crippen LogP contribution in [0.25, 0.3) is 0 Å². The van der Waals surface area contributed by atoms with Crippen molar-refractivity contribution in [3.63, 3.8) is 0 Å². The second-order valence-electron chi connectivity index (χ2n) is 4.55. The molecule has 0 bridgehead atoms. The Morgan fingerprint density at radius 1 is 1.09 bits per heavy atom. The number of hydrogen-bond donors (Lipinski definition) is 3. The van der Waals surface area contributed by atoms with Crippen molar-refractivity contribution in [1.29, 1.82) is 0 Å². The molecule has 0 aliphatic rings. The molecule has 1 heterocycles. The molecule has 0 atom stereocenters. The van der Waals surface area contributed by atoms with Crippen LogP contribution >= 0.6 is 23.3 Å². The molecule has 0 saturated carbocycles. The molecule has 2 aromatic carbocycles. The molecular weight excluding hydrogens is 314 g/mol. The van der Waals surface area contributed by atoms with E-state index in [1.54, 1.807) is 23.6 Å². The van der Waals surface area contributed by atoms with Crippen molar-refractivity contribution in [2.45, 2.75) is 11.4 Å². The van der Waals surface area contributed by atoms with Crippen molar-refractivity contribution in [2.75, 3.05) is 10.0 Å². The summed E-state index contributed by atoms with van der Waals surface area (Å²) in [5.41, 5.74) is 1.90. The van der Waals surface area contributed by atoms with Crippen molar-refractivity contribution in [2.24, 2.45) is 0 Å². The zero-order valence-corrected chi connectivity index (χ0v) is 13.3. The summed E-state index contributed by atoms with van der Waals surface area (Å²) >= 11 is 3.11. The van der Waals surface area contributed by atoms with Gasteiger partial charge in [0.05, 0.1) is 0 Å². The maximum absolute atomic E-state index is 9.74. The third-order valence-corrected chi connectivity index (χ3v) is 4.64. The standard InChI is InChI=1S/C16H15N3OS2/c20-15-4-2-1-3-12(15)11-18-13-5-7-14(8-6-13)22-19-16-17-9-10-21-16/h1-10,18,20H,11H2,(H,17,19). The van der Waals surface area contributed by atoms with Crippen LogP contribution in [0, 0.1) is 0 Å². The number of nitrogens with one attached hydrogen (secondary N) is 2. The van der Waals surface area contributed by atoms with Crippen molar-refractivity contribution >= 4 is 34.1 Å². The van der Waals surface area contributed by atoms with Crippen LogP contribution in [0.15, 0.2) is 65.0 Å². The van der Waals surface area contributed by atoms with Gasteiger partial charge in [-0.3, -0.25) is 0 Å². The van der Waals surface area contributed by atoms with E-state index in [0.29, 0.717) is 12.3 Å². The Labute approximate surface area is 137 Å². The number of aromatic hydroxyl groups is 1. The summed E-state index contributed by atoms with van der Waals surface area (Å²) in [5.74, 6) is 0.315. The van der Waals surface area contributed by atoms with E-state index in [9.17, 15) is 5.11 Å². The summed E-state index contributed by atoms with van der Waals surface area (Å²) in [7, 11) is 0. The zero-order valence-electron chi connectivity index (χ0n) is 11.7. The molecule has 0 radical (unpaired) electrons. The van der Waals surface area contributed by atoms with Gasteiger partial charge in [0.1, 0.15) is 5.75 Å². The van der Waals surface area contributed by atoms with E-state index in [4.69, 9.17) is 0 Å². The minimum absolute atomic E-state index is 0.315. The summed E-state index contributed by atoms with van der Waals surface area (Å²) in [5, 5.41) is 15.9. The lowest BCUT2D eigenvalue weighted by atomic mass is 10.2. The predicted molar refractivity (Wildman–Crippen MR) is 93.5 cm³/mol. The maximum atomic E-state index is 9.74. The molecule has 0 fully saturated rings. The molecule has 3 aromatic rings. The summed E-state index contributed by atoms with van der Waals surface area (Å²) in [6.45, 7) is 0.594. The van der Waals surface area contributed by atoms with Crippen LogP contribution in [0.3, 0.4) is 0 Å². The first-order chi connectivity index (χ1) is 10.8. The van der Waals surface area contributed by atoms with Gasteiger partial charge in [0.15, 0.2) is 5.13 Å². The summed E-state index contributed by atoms with van der Waals surface area (Å²) in [4.78, 5) is 5.28. The molecule has 4 nitrogen and oxygen atoms in total. The molecule has 0 saturated heterocycles. The van der Waals surface area contributed by atoms with E-state index in [1.165, 1.54) is 11.9 Å². The molecule has 0 unspecified atom stereocenters. The first-order valence-electron chi connectivity index (χ1n) is 6.74. The van der Waals surface area contributed by atoms with E-state index in [1.807, 2.05) is 47.8 Å². The van der Waals surface area contributed by atoms with Crippen LogP contribution < -0.4 is 10.0 Å². The normalized spacial score (nSPS) is 10.4. The van der Waals surface area contributed by atoms with Gasteiger partial charge in [0, 0.05) is 34.3 Å². The number of phenolic OH excluding ortho intramolecular Hbond substituents is 1. The number of thiazole rings is 1. The van der Waals surface area contributed by atoms with Gasteiger partial charge in [-0.1, -0.05) is 18.2 Å². The van der Waals surface area contributed by atoms with Crippen molar-refractivity contribution < 1.29 is 5.11 Å². The number of benzene rings is 2. The van der Waals surface area contributed by atoms with Crippen LogP contribution in [-0.2, 0) is 6.54 Å². The molecule has 0 aliphatic heterocycles. The highest BCUT2D eigenvalue weighted by molar-refractivity contribution is 8.00. The van der Waals surface area contributed by atoms with E-state index in [-0.39, 0.29) is 0 Å². The first kappa shape index (κ1) is 14.7. The predicted octanol–water partition coefficient (Wildman–Crippen LogP) is 4.58. The van der Waals surface area contributed by atoms with Gasteiger partial charge in [-0.25, -0.2) is 4.98 Å². The van der Waals surface area contributed by atoms with Gasteiger partial charge < -0.3 is 15.1 Å². The number of nitrogens with zero attached hydrogens (tertiary/aromatic N) is 1. The van der Waals surface area contributed by atoms with Crippen molar-refractivity contribution in [1.82, 2.24) is 4.98 Å². The molecule has 6 heteroatoms. The van der Waals surface area contributed by atoms with Gasteiger partial charge in [-0.15, -0.1) is 11.3 Å². The van der Waals surface area contributed by atoms with Gasteiger partial charge in [0.25, 0.3) is 0 Å². The minimum atomic E-state index is 0.315. The molecule has 0 aliphatic carbocycles. The number of rotatable bonds is 6. The third kappa shape index (κ3) is 3.93. The lowest BCUT2D eigenvalue weighted by Gasteiger charge is -2.09. The Kier molecular flexibility index (Phi) is 4.82. The highest BCUT2D eigenvalue weighted by atomic mass is 32.2. The quantitative estimate of drug-likeness (QED) is 0.578. The van der Waals surface area contributed by atoms with Crippen LogP contribution in [0.1, 0.15) is 5.56 Å². The fourth-order valence-electron chi connectivity index (χ4n) is 1.87. The third-order valence-electron chi connectivity index (χ3n) is 3.02. The Morgan fingerprint density at radius 2 is 1.91 bits per heavy atom. The van der Waals surface area contributed by atoms with Crippen LogP contribution in [0.4, 0.5) is 10.8 Å². The largest absolute Gasteiger partial charge is 0.508 e. The highest BCUT2D eigenvalue weighted by Gasteiger charge is 2.01. The summed E-state index contributed by atoms with van der Waals surface area (Å²) in [6, 6.07) is 15.5. The fourth-order valence-corrected chi connectivity index (χ4v) is 3.09. The number of hydrogen-bond acceptors (Lipinski definition) is 6. The molecule has 3 N–H and O–H groups in total. The molecule has 0 spiro atoms. The number of para-hydroxylation sites is 1. The molecule has 112 valence electrons. The highest BCUT2D eigenvalue weighted by Crippen LogP contribution is 2.24. The molecule has 0 amide bonds. The molecule has 3 rings (SSSR count). The average Bonchev–Trinajstić information content (AvgIpc) is 3.07. The Hall–Kier alpha value is -2.18. The summed E-state index contributed by atoms with van der Waals surface area (Å²) in [6.07, 6.45) is 1.78. The Balaban J connectivity index is 1.54.